The SMILES string of the molecule is O=C(N1CCC(F)(F)c2c(Br)cccc21)C(F)(F)F. The lowest BCUT2D eigenvalue weighted by Gasteiger charge is -2.34. The lowest BCUT2D eigenvalue weighted by Crippen LogP contribution is -2.46. The van der Waals surface area contributed by atoms with Crippen LogP contribution in [0.4, 0.5) is 27.6 Å². The van der Waals surface area contributed by atoms with Crippen molar-refractivity contribution >= 4 is 27.5 Å². The maximum atomic E-state index is 13.7. The number of amides is 1. The van der Waals surface area contributed by atoms with Crippen LogP contribution in [0.3, 0.4) is 0 Å². The zero-order valence-corrected chi connectivity index (χ0v) is 10.9. The monoisotopic (exact) mass is 343 g/mol. The number of rotatable bonds is 0. The predicted octanol–water partition coefficient (Wildman–Crippen LogP) is 3.84. The van der Waals surface area contributed by atoms with E-state index in [9.17, 15) is 26.7 Å². The molecule has 0 unspecified atom stereocenters. The van der Waals surface area contributed by atoms with Crippen molar-refractivity contribution in [2.45, 2.75) is 18.5 Å². The molecule has 1 aliphatic rings. The number of hydrogen-bond acceptors (Lipinski definition) is 1. The van der Waals surface area contributed by atoms with Crippen molar-refractivity contribution in [1.82, 2.24) is 0 Å². The molecule has 0 radical (unpaired) electrons. The highest BCUT2D eigenvalue weighted by atomic mass is 79.9. The van der Waals surface area contributed by atoms with Crippen molar-refractivity contribution < 1.29 is 26.7 Å². The fraction of sp³-hybridized carbons (Fsp3) is 0.364. The highest BCUT2D eigenvalue weighted by Gasteiger charge is 2.49. The normalized spacial score (nSPS) is 18.1. The lowest BCUT2D eigenvalue weighted by molar-refractivity contribution is -0.171. The number of halogens is 6. The first kappa shape index (κ1) is 14.2. The molecule has 1 amide bonds. The topological polar surface area (TPSA) is 20.3 Å². The van der Waals surface area contributed by atoms with Crippen LogP contribution in [-0.4, -0.2) is 18.6 Å². The summed E-state index contributed by atoms with van der Waals surface area (Å²) in [4.78, 5) is 11.6. The molecule has 0 saturated heterocycles. The maximum absolute atomic E-state index is 13.7. The number of nitrogens with zero attached hydrogens (tertiary/aromatic N) is 1. The standard InChI is InChI=1S/C11H7BrF5NO/c12-6-2-1-3-7-8(6)10(13,14)4-5-18(7)9(19)11(15,16)17/h1-3H,4-5H2. The van der Waals surface area contributed by atoms with Gasteiger partial charge in [-0.3, -0.25) is 4.79 Å². The Labute approximate surface area is 113 Å². The van der Waals surface area contributed by atoms with Gasteiger partial charge in [0.2, 0.25) is 0 Å². The lowest BCUT2D eigenvalue weighted by atomic mass is 9.97. The van der Waals surface area contributed by atoms with Crippen molar-refractivity contribution in [3.8, 4) is 0 Å². The van der Waals surface area contributed by atoms with Crippen LogP contribution in [0, 0.1) is 0 Å². The molecule has 1 aromatic rings. The van der Waals surface area contributed by atoms with Gasteiger partial charge in [0.05, 0.1) is 11.3 Å². The first-order chi connectivity index (χ1) is 8.64. The van der Waals surface area contributed by atoms with Crippen LogP contribution in [0.25, 0.3) is 0 Å². The van der Waals surface area contributed by atoms with Gasteiger partial charge in [-0.05, 0) is 12.1 Å². The molecule has 0 fully saturated rings. The number of benzene rings is 1. The van der Waals surface area contributed by atoms with Crippen molar-refractivity contribution in [3.63, 3.8) is 0 Å². The summed E-state index contributed by atoms with van der Waals surface area (Å²) in [6.45, 7) is -0.672. The van der Waals surface area contributed by atoms with E-state index < -0.39 is 42.2 Å². The Bertz CT molecular complexity index is 528. The van der Waals surface area contributed by atoms with E-state index in [1.165, 1.54) is 12.1 Å². The summed E-state index contributed by atoms with van der Waals surface area (Å²) in [6, 6.07) is 3.69. The van der Waals surface area contributed by atoms with E-state index in [-0.39, 0.29) is 4.47 Å². The first-order valence-corrected chi connectivity index (χ1v) is 5.99. The highest BCUT2D eigenvalue weighted by molar-refractivity contribution is 9.10. The molecule has 0 aliphatic carbocycles. The van der Waals surface area contributed by atoms with Crippen molar-refractivity contribution in [2.75, 3.05) is 11.4 Å². The number of fused-ring (bicyclic) bond motifs is 1. The summed E-state index contributed by atoms with van der Waals surface area (Å²) in [7, 11) is 0. The van der Waals surface area contributed by atoms with Gasteiger partial charge in [-0.1, -0.05) is 22.0 Å². The van der Waals surface area contributed by atoms with E-state index in [1.807, 2.05) is 0 Å². The minimum Gasteiger partial charge on any atom is -0.304 e. The fourth-order valence-corrected chi connectivity index (χ4v) is 2.61. The van der Waals surface area contributed by atoms with E-state index in [0.717, 1.165) is 6.07 Å². The van der Waals surface area contributed by atoms with Crippen molar-refractivity contribution in [1.29, 1.82) is 0 Å². The summed E-state index contributed by atoms with van der Waals surface area (Å²) in [6.07, 6.45) is -5.93. The van der Waals surface area contributed by atoms with Crippen LogP contribution in [0.15, 0.2) is 22.7 Å². The number of carbonyl (C=O) groups excluding carboxylic acids is 1. The zero-order valence-electron chi connectivity index (χ0n) is 9.27. The number of alkyl halides is 5. The Morgan fingerprint density at radius 1 is 1.32 bits per heavy atom. The molecule has 0 spiro atoms. The van der Waals surface area contributed by atoms with E-state index in [4.69, 9.17) is 0 Å². The second kappa shape index (κ2) is 4.43. The zero-order chi connectivity index (χ0) is 14.4. The van der Waals surface area contributed by atoms with E-state index in [0.29, 0.717) is 4.90 Å². The summed E-state index contributed by atoms with van der Waals surface area (Å²) in [5.74, 6) is -5.40. The Morgan fingerprint density at radius 2 is 1.95 bits per heavy atom. The average Bonchev–Trinajstić information content (AvgIpc) is 2.26. The summed E-state index contributed by atoms with van der Waals surface area (Å²) >= 11 is 2.89. The third kappa shape index (κ3) is 2.45. The van der Waals surface area contributed by atoms with Gasteiger partial charge >= 0.3 is 12.1 Å². The third-order valence-corrected chi connectivity index (χ3v) is 3.45. The van der Waals surface area contributed by atoms with Crippen molar-refractivity contribution in [3.05, 3.63) is 28.2 Å². The largest absolute Gasteiger partial charge is 0.471 e. The molecule has 2 nitrogen and oxygen atoms in total. The van der Waals surface area contributed by atoms with Crippen LogP contribution in [0.5, 0.6) is 0 Å². The summed E-state index contributed by atoms with van der Waals surface area (Å²) < 4.78 is 64.8. The minimum absolute atomic E-state index is 0.0188. The molecule has 0 bridgehead atoms. The third-order valence-electron chi connectivity index (χ3n) is 2.79. The number of anilines is 1. The molecular formula is C11H7BrF5NO. The molecule has 1 heterocycles. The molecule has 8 heteroatoms. The second-order valence-electron chi connectivity index (χ2n) is 4.04. The van der Waals surface area contributed by atoms with Crippen LogP contribution in [0.1, 0.15) is 12.0 Å². The number of carbonyl (C=O) groups is 1. The molecule has 0 atom stereocenters. The molecule has 0 N–H and O–H groups in total. The van der Waals surface area contributed by atoms with E-state index >= 15 is 0 Å². The van der Waals surface area contributed by atoms with Crippen LogP contribution in [0.2, 0.25) is 0 Å². The molecule has 2 rings (SSSR count). The van der Waals surface area contributed by atoms with Gasteiger partial charge in [-0.25, -0.2) is 8.78 Å². The molecule has 1 aliphatic heterocycles. The van der Waals surface area contributed by atoms with Gasteiger partial charge in [0.1, 0.15) is 0 Å². The number of hydrogen-bond donors (Lipinski definition) is 0. The minimum atomic E-state index is -5.09. The van der Waals surface area contributed by atoms with Gasteiger partial charge in [0, 0.05) is 17.4 Å². The first-order valence-electron chi connectivity index (χ1n) is 5.20. The van der Waals surface area contributed by atoms with E-state index in [2.05, 4.69) is 15.9 Å². The summed E-state index contributed by atoms with van der Waals surface area (Å²) in [5.41, 5.74) is -0.994. The van der Waals surface area contributed by atoms with Crippen molar-refractivity contribution in [2.24, 2.45) is 0 Å². The molecule has 104 valence electrons. The highest BCUT2D eigenvalue weighted by Crippen LogP contribution is 2.46. The molecular weight excluding hydrogens is 337 g/mol. The van der Waals surface area contributed by atoms with Gasteiger partial charge in [-0.2, -0.15) is 13.2 Å². The van der Waals surface area contributed by atoms with Crippen LogP contribution in [-0.2, 0) is 10.7 Å². The quantitative estimate of drug-likeness (QED) is 0.655. The maximum Gasteiger partial charge on any atom is 0.471 e. The van der Waals surface area contributed by atoms with Gasteiger partial charge < -0.3 is 4.90 Å². The fourth-order valence-electron chi connectivity index (χ4n) is 1.96. The Hall–Kier alpha value is -1.18. The van der Waals surface area contributed by atoms with Gasteiger partial charge in [-0.15, -0.1) is 0 Å². The van der Waals surface area contributed by atoms with Crippen LogP contribution >= 0.6 is 15.9 Å². The summed E-state index contributed by atoms with van der Waals surface area (Å²) in [5, 5.41) is 0. The predicted molar refractivity (Wildman–Crippen MR) is 61.1 cm³/mol. The molecule has 0 aromatic heterocycles. The van der Waals surface area contributed by atoms with Crippen LogP contribution < -0.4 is 4.90 Å². The molecule has 1 aromatic carbocycles. The Balaban J connectivity index is 2.55. The molecule has 0 saturated carbocycles. The van der Waals surface area contributed by atoms with Gasteiger partial charge in [0.15, 0.2) is 0 Å². The average molecular weight is 344 g/mol. The second-order valence-corrected chi connectivity index (χ2v) is 4.90. The van der Waals surface area contributed by atoms with Gasteiger partial charge in [0.25, 0.3) is 5.92 Å². The Morgan fingerprint density at radius 3 is 2.53 bits per heavy atom. The van der Waals surface area contributed by atoms with E-state index in [1.54, 1.807) is 0 Å². The Kier molecular flexibility index (Phi) is 3.32. The smallest absolute Gasteiger partial charge is 0.304 e. The molecule has 19 heavy (non-hydrogen) atoms.